The van der Waals surface area contributed by atoms with Gasteiger partial charge < -0.3 is 5.32 Å². The van der Waals surface area contributed by atoms with Crippen molar-refractivity contribution in [2.75, 3.05) is 13.1 Å². The molecule has 1 atom stereocenters. The van der Waals surface area contributed by atoms with Crippen LogP contribution in [0.4, 0.5) is 0 Å². The minimum absolute atomic E-state index is 0.0440. The molecule has 1 aliphatic heterocycles. The lowest BCUT2D eigenvalue weighted by molar-refractivity contribution is 0.0940. The fraction of sp³-hybridized carbons (Fsp3) is 0.733. The van der Waals surface area contributed by atoms with E-state index in [-0.39, 0.29) is 11.9 Å². The first kappa shape index (κ1) is 15.4. The molecule has 4 nitrogen and oxygen atoms in total. The van der Waals surface area contributed by atoms with Gasteiger partial charge in [-0.25, -0.2) is 4.98 Å². The van der Waals surface area contributed by atoms with Crippen LogP contribution in [0.1, 0.15) is 60.4 Å². The summed E-state index contributed by atoms with van der Waals surface area (Å²) in [4.78, 5) is 20.1. The van der Waals surface area contributed by atoms with Gasteiger partial charge in [0.15, 0.2) is 0 Å². The molecule has 2 rings (SSSR count). The number of hydrogen-bond acceptors (Lipinski definition) is 4. The van der Waals surface area contributed by atoms with Crippen LogP contribution >= 0.6 is 11.3 Å². The van der Waals surface area contributed by atoms with Crippen molar-refractivity contribution in [3.05, 3.63) is 15.6 Å². The predicted molar refractivity (Wildman–Crippen MR) is 83.5 cm³/mol. The zero-order valence-electron chi connectivity index (χ0n) is 13.1. The molecule has 5 heteroatoms. The first-order valence-corrected chi connectivity index (χ1v) is 8.22. The van der Waals surface area contributed by atoms with Gasteiger partial charge in [0.05, 0.1) is 10.7 Å². The van der Waals surface area contributed by atoms with E-state index in [0.717, 1.165) is 35.1 Å². The highest BCUT2D eigenvalue weighted by Gasteiger charge is 2.27. The maximum absolute atomic E-state index is 12.4. The first-order chi connectivity index (χ1) is 9.38. The molecule has 0 spiro atoms. The van der Waals surface area contributed by atoms with E-state index in [0.29, 0.717) is 12.0 Å². The standard InChI is InChI=1S/C15H25N3OS/c1-9(2)15-16-11(5)13(20-15)14(19)17-12-6-7-18(8-12)10(3)4/h9-10,12H,6-8H2,1-5H3,(H,17,19). The van der Waals surface area contributed by atoms with Gasteiger partial charge in [-0.05, 0) is 27.2 Å². The van der Waals surface area contributed by atoms with Crippen LogP contribution in [0.2, 0.25) is 0 Å². The number of nitrogens with one attached hydrogen (secondary N) is 1. The Bertz CT molecular complexity index is 481. The van der Waals surface area contributed by atoms with Gasteiger partial charge in [-0.1, -0.05) is 13.8 Å². The Morgan fingerprint density at radius 2 is 2.10 bits per heavy atom. The molecule has 1 amide bonds. The van der Waals surface area contributed by atoms with Crippen LogP contribution < -0.4 is 5.32 Å². The minimum Gasteiger partial charge on any atom is -0.347 e. The lowest BCUT2D eigenvalue weighted by atomic mass is 10.2. The molecule has 1 aliphatic rings. The number of hydrogen-bond donors (Lipinski definition) is 1. The van der Waals surface area contributed by atoms with Crippen LogP contribution in [-0.2, 0) is 0 Å². The molecule has 112 valence electrons. The smallest absolute Gasteiger partial charge is 0.263 e. The summed E-state index contributed by atoms with van der Waals surface area (Å²) >= 11 is 1.53. The van der Waals surface area contributed by atoms with E-state index in [4.69, 9.17) is 0 Å². The van der Waals surface area contributed by atoms with Crippen LogP contribution in [0.3, 0.4) is 0 Å². The van der Waals surface area contributed by atoms with Gasteiger partial charge >= 0.3 is 0 Å². The summed E-state index contributed by atoms with van der Waals surface area (Å²) in [7, 11) is 0. The SMILES string of the molecule is Cc1nc(C(C)C)sc1C(=O)NC1CCN(C(C)C)C1. The summed E-state index contributed by atoms with van der Waals surface area (Å²) in [6.45, 7) is 12.6. The average Bonchev–Trinajstić information content (AvgIpc) is 2.95. The van der Waals surface area contributed by atoms with Crippen molar-refractivity contribution in [1.82, 2.24) is 15.2 Å². The van der Waals surface area contributed by atoms with Crippen molar-refractivity contribution < 1.29 is 4.79 Å². The summed E-state index contributed by atoms with van der Waals surface area (Å²) in [5, 5.41) is 4.21. The van der Waals surface area contributed by atoms with Crippen molar-refractivity contribution in [2.24, 2.45) is 0 Å². The summed E-state index contributed by atoms with van der Waals surface area (Å²) in [5.41, 5.74) is 0.856. The number of carbonyl (C=O) groups excluding carboxylic acids is 1. The van der Waals surface area contributed by atoms with Gasteiger partial charge in [0.1, 0.15) is 4.88 Å². The van der Waals surface area contributed by atoms with Crippen molar-refractivity contribution >= 4 is 17.2 Å². The highest BCUT2D eigenvalue weighted by atomic mass is 32.1. The van der Waals surface area contributed by atoms with Crippen LogP contribution in [0.5, 0.6) is 0 Å². The number of aryl methyl sites for hydroxylation is 1. The number of carbonyl (C=O) groups is 1. The second-order valence-corrected chi connectivity index (χ2v) is 7.20. The van der Waals surface area contributed by atoms with Crippen LogP contribution in [0.15, 0.2) is 0 Å². The van der Waals surface area contributed by atoms with Crippen LogP contribution in [0.25, 0.3) is 0 Å². The zero-order valence-corrected chi connectivity index (χ0v) is 13.9. The second-order valence-electron chi connectivity index (χ2n) is 6.17. The minimum atomic E-state index is 0.0440. The highest BCUT2D eigenvalue weighted by molar-refractivity contribution is 7.13. The van der Waals surface area contributed by atoms with E-state index < -0.39 is 0 Å². The predicted octanol–water partition coefficient (Wildman–Crippen LogP) is 2.79. The van der Waals surface area contributed by atoms with Crippen molar-refractivity contribution in [3.8, 4) is 0 Å². The van der Waals surface area contributed by atoms with Crippen LogP contribution in [0, 0.1) is 6.92 Å². The largest absolute Gasteiger partial charge is 0.347 e. The molecule has 1 fully saturated rings. The molecule has 20 heavy (non-hydrogen) atoms. The van der Waals surface area contributed by atoms with Gasteiger partial charge in [-0.2, -0.15) is 0 Å². The third-order valence-electron chi connectivity index (χ3n) is 3.80. The van der Waals surface area contributed by atoms with E-state index in [2.05, 4.69) is 42.9 Å². The lowest BCUT2D eigenvalue weighted by Crippen LogP contribution is -2.38. The summed E-state index contributed by atoms with van der Waals surface area (Å²) < 4.78 is 0. The molecule has 0 radical (unpaired) electrons. The Hall–Kier alpha value is -0.940. The van der Waals surface area contributed by atoms with Crippen molar-refractivity contribution in [1.29, 1.82) is 0 Å². The van der Waals surface area contributed by atoms with Crippen molar-refractivity contribution in [2.45, 2.75) is 59.0 Å². The number of rotatable bonds is 4. The Labute approximate surface area is 125 Å². The third-order valence-corrected chi connectivity index (χ3v) is 5.26. The number of amides is 1. The number of thiazole rings is 1. The molecule has 0 aromatic carbocycles. The Morgan fingerprint density at radius 3 is 2.60 bits per heavy atom. The van der Waals surface area contributed by atoms with Gasteiger partial charge in [-0.3, -0.25) is 9.69 Å². The molecule has 0 bridgehead atoms. The molecule has 1 unspecified atom stereocenters. The van der Waals surface area contributed by atoms with Crippen LogP contribution in [-0.4, -0.2) is 41.0 Å². The van der Waals surface area contributed by atoms with E-state index >= 15 is 0 Å². The monoisotopic (exact) mass is 295 g/mol. The maximum atomic E-state index is 12.4. The fourth-order valence-electron chi connectivity index (χ4n) is 2.50. The average molecular weight is 295 g/mol. The number of likely N-dealkylation sites (tertiary alicyclic amines) is 1. The molecule has 1 aromatic rings. The fourth-order valence-corrected chi connectivity index (χ4v) is 3.47. The second kappa shape index (κ2) is 6.22. The van der Waals surface area contributed by atoms with E-state index in [1.165, 1.54) is 11.3 Å². The quantitative estimate of drug-likeness (QED) is 0.929. The lowest BCUT2D eigenvalue weighted by Gasteiger charge is -2.20. The van der Waals surface area contributed by atoms with Gasteiger partial charge in [0.25, 0.3) is 5.91 Å². The van der Waals surface area contributed by atoms with Gasteiger partial charge in [0, 0.05) is 31.1 Å². The summed E-state index contributed by atoms with van der Waals surface area (Å²) in [5.74, 6) is 0.422. The van der Waals surface area contributed by atoms with E-state index in [1.807, 2.05) is 6.92 Å². The number of nitrogens with zero attached hydrogens (tertiary/aromatic N) is 2. The molecule has 0 aliphatic carbocycles. The van der Waals surface area contributed by atoms with E-state index in [1.54, 1.807) is 0 Å². The van der Waals surface area contributed by atoms with E-state index in [9.17, 15) is 4.79 Å². The Balaban J connectivity index is 1.99. The normalized spacial score (nSPS) is 20.1. The van der Waals surface area contributed by atoms with Crippen molar-refractivity contribution in [3.63, 3.8) is 0 Å². The molecule has 1 aromatic heterocycles. The topological polar surface area (TPSA) is 45.2 Å². The summed E-state index contributed by atoms with van der Waals surface area (Å²) in [6.07, 6.45) is 1.04. The maximum Gasteiger partial charge on any atom is 0.263 e. The number of aromatic nitrogens is 1. The molecular formula is C15H25N3OS. The molecule has 1 saturated heterocycles. The molecule has 0 saturated carbocycles. The zero-order chi connectivity index (χ0) is 14.9. The Kier molecular flexibility index (Phi) is 4.81. The summed E-state index contributed by atoms with van der Waals surface area (Å²) in [6, 6.07) is 0.823. The molecule has 2 heterocycles. The highest BCUT2D eigenvalue weighted by Crippen LogP contribution is 2.24. The first-order valence-electron chi connectivity index (χ1n) is 7.40. The molecule has 1 N–H and O–H groups in total. The molecular weight excluding hydrogens is 270 g/mol. The van der Waals surface area contributed by atoms with Gasteiger partial charge in [-0.15, -0.1) is 11.3 Å². The third kappa shape index (κ3) is 3.38. The van der Waals surface area contributed by atoms with Gasteiger partial charge in [0.2, 0.25) is 0 Å². The Morgan fingerprint density at radius 1 is 1.40 bits per heavy atom.